The number of rotatable bonds is 4. The van der Waals surface area contributed by atoms with Crippen molar-refractivity contribution in [3.8, 4) is 0 Å². The number of nitrogens with two attached hydrogens (primary N) is 1. The van der Waals surface area contributed by atoms with Gasteiger partial charge in [-0.15, -0.1) is 11.3 Å². The number of Topliss-reactive ketones (excluding diaryl/α,β-unsaturated/α-hetero) is 1. The number of carbonyl (C=O) groups excluding carboxylic acids is 1. The Morgan fingerprint density at radius 2 is 2.00 bits per heavy atom. The smallest absolute Gasteiger partial charge is 0.171 e. The summed E-state index contributed by atoms with van der Waals surface area (Å²) in [5.74, 6) is 0.778. The SMILES string of the molecule is CC(=O)c1sc(N2CCN(CC(C)C)CC2)cc1N. The highest BCUT2D eigenvalue weighted by Gasteiger charge is 2.20. The van der Waals surface area contributed by atoms with E-state index in [0.29, 0.717) is 16.5 Å². The second-order valence-electron chi connectivity index (χ2n) is 5.61. The molecule has 4 nitrogen and oxygen atoms in total. The van der Waals surface area contributed by atoms with Crippen LogP contribution >= 0.6 is 11.3 Å². The van der Waals surface area contributed by atoms with Crippen LogP contribution < -0.4 is 10.6 Å². The molecule has 1 aliphatic rings. The van der Waals surface area contributed by atoms with Crippen LogP contribution in [0.15, 0.2) is 6.07 Å². The number of piperazine rings is 1. The molecule has 0 bridgehead atoms. The van der Waals surface area contributed by atoms with Gasteiger partial charge in [-0.3, -0.25) is 9.69 Å². The van der Waals surface area contributed by atoms with E-state index in [4.69, 9.17) is 5.73 Å². The van der Waals surface area contributed by atoms with E-state index in [1.54, 1.807) is 6.92 Å². The van der Waals surface area contributed by atoms with Gasteiger partial charge in [-0.1, -0.05) is 13.8 Å². The van der Waals surface area contributed by atoms with Gasteiger partial charge in [-0.2, -0.15) is 0 Å². The van der Waals surface area contributed by atoms with Gasteiger partial charge >= 0.3 is 0 Å². The van der Waals surface area contributed by atoms with Crippen LogP contribution in [0.2, 0.25) is 0 Å². The first kappa shape index (κ1) is 14.3. The van der Waals surface area contributed by atoms with Crippen LogP contribution in [0.3, 0.4) is 0 Å². The van der Waals surface area contributed by atoms with E-state index in [2.05, 4.69) is 23.6 Å². The zero-order valence-electron chi connectivity index (χ0n) is 12.0. The summed E-state index contributed by atoms with van der Waals surface area (Å²) in [5.41, 5.74) is 6.52. The second kappa shape index (κ2) is 5.92. The third kappa shape index (κ3) is 3.48. The lowest BCUT2D eigenvalue weighted by molar-refractivity contribution is 0.102. The molecule has 2 N–H and O–H groups in total. The Balaban J connectivity index is 1.98. The van der Waals surface area contributed by atoms with Crippen LogP contribution in [0.25, 0.3) is 0 Å². The molecule has 0 amide bonds. The summed E-state index contributed by atoms with van der Waals surface area (Å²) < 4.78 is 0. The standard InChI is InChI=1S/C14H23N3OS/c1-10(2)9-16-4-6-17(7-5-16)13-8-12(15)14(19-13)11(3)18/h8,10H,4-7,9,15H2,1-3H3. The molecule has 19 heavy (non-hydrogen) atoms. The number of thiophene rings is 1. The molecule has 1 aromatic rings. The highest BCUT2D eigenvalue weighted by molar-refractivity contribution is 7.18. The molecule has 2 heterocycles. The molecule has 0 unspecified atom stereocenters. The molecule has 1 fully saturated rings. The third-order valence-electron chi connectivity index (χ3n) is 3.37. The minimum atomic E-state index is 0.0622. The summed E-state index contributed by atoms with van der Waals surface area (Å²) in [4.78, 5) is 17.0. The Hall–Kier alpha value is -1.07. The first-order chi connectivity index (χ1) is 8.97. The molecule has 0 atom stereocenters. The molecular weight excluding hydrogens is 258 g/mol. The summed E-state index contributed by atoms with van der Waals surface area (Å²) in [7, 11) is 0. The van der Waals surface area contributed by atoms with Crippen molar-refractivity contribution in [2.45, 2.75) is 20.8 Å². The number of nitrogen functional groups attached to an aromatic ring is 1. The number of anilines is 2. The van der Waals surface area contributed by atoms with Gasteiger partial charge in [0.15, 0.2) is 5.78 Å². The summed E-state index contributed by atoms with van der Waals surface area (Å²) in [5, 5.41) is 1.13. The van der Waals surface area contributed by atoms with Gasteiger partial charge in [0, 0.05) is 39.6 Å². The summed E-state index contributed by atoms with van der Waals surface area (Å²) in [6.45, 7) is 11.5. The number of carbonyl (C=O) groups is 1. The van der Waals surface area contributed by atoms with Crippen molar-refractivity contribution in [2.24, 2.45) is 5.92 Å². The predicted molar refractivity (Wildman–Crippen MR) is 82.2 cm³/mol. The van der Waals surface area contributed by atoms with Crippen LogP contribution in [0.5, 0.6) is 0 Å². The molecule has 1 aliphatic heterocycles. The molecule has 5 heteroatoms. The van der Waals surface area contributed by atoms with Gasteiger partial charge in [0.05, 0.1) is 15.6 Å². The van der Waals surface area contributed by atoms with Crippen molar-refractivity contribution in [2.75, 3.05) is 43.4 Å². The molecule has 2 rings (SSSR count). The largest absolute Gasteiger partial charge is 0.397 e. The van der Waals surface area contributed by atoms with Gasteiger partial charge in [0.1, 0.15) is 0 Å². The van der Waals surface area contributed by atoms with E-state index in [0.717, 1.165) is 31.2 Å². The van der Waals surface area contributed by atoms with E-state index >= 15 is 0 Å². The number of ketones is 1. The summed E-state index contributed by atoms with van der Waals surface area (Å²) >= 11 is 1.52. The zero-order chi connectivity index (χ0) is 14.0. The molecule has 0 spiro atoms. The average molecular weight is 281 g/mol. The monoisotopic (exact) mass is 281 g/mol. The minimum absolute atomic E-state index is 0.0622. The van der Waals surface area contributed by atoms with Crippen molar-refractivity contribution < 1.29 is 4.79 Å². The number of hydrogen-bond donors (Lipinski definition) is 1. The molecule has 106 valence electrons. The van der Waals surface area contributed by atoms with Gasteiger partial charge in [0.25, 0.3) is 0 Å². The highest BCUT2D eigenvalue weighted by atomic mass is 32.1. The fraction of sp³-hybridized carbons (Fsp3) is 0.643. The van der Waals surface area contributed by atoms with E-state index in [1.807, 2.05) is 6.07 Å². The van der Waals surface area contributed by atoms with E-state index < -0.39 is 0 Å². The lowest BCUT2D eigenvalue weighted by atomic mass is 10.2. The Bertz CT molecular complexity index is 448. The Morgan fingerprint density at radius 3 is 2.47 bits per heavy atom. The lowest BCUT2D eigenvalue weighted by Crippen LogP contribution is -2.47. The predicted octanol–water partition coefficient (Wildman–Crippen LogP) is 2.31. The van der Waals surface area contributed by atoms with Crippen LogP contribution in [0.1, 0.15) is 30.4 Å². The third-order valence-corrected chi connectivity index (χ3v) is 4.69. The van der Waals surface area contributed by atoms with Crippen LogP contribution in [-0.2, 0) is 0 Å². The van der Waals surface area contributed by atoms with E-state index in [-0.39, 0.29) is 5.78 Å². The van der Waals surface area contributed by atoms with Gasteiger partial charge in [-0.05, 0) is 12.0 Å². The van der Waals surface area contributed by atoms with Crippen LogP contribution in [0.4, 0.5) is 10.7 Å². The van der Waals surface area contributed by atoms with Crippen molar-refractivity contribution >= 4 is 27.8 Å². The van der Waals surface area contributed by atoms with E-state index in [1.165, 1.54) is 17.9 Å². The Morgan fingerprint density at radius 1 is 1.37 bits per heavy atom. The summed E-state index contributed by atoms with van der Waals surface area (Å²) in [6, 6.07) is 1.94. The van der Waals surface area contributed by atoms with Gasteiger partial charge in [0.2, 0.25) is 0 Å². The molecule has 0 radical (unpaired) electrons. The van der Waals surface area contributed by atoms with E-state index in [9.17, 15) is 4.79 Å². The van der Waals surface area contributed by atoms with Gasteiger partial charge in [-0.25, -0.2) is 0 Å². The van der Waals surface area contributed by atoms with Gasteiger partial charge < -0.3 is 10.6 Å². The van der Waals surface area contributed by atoms with Crippen LogP contribution in [0, 0.1) is 5.92 Å². The van der Waals surface area contributed by atoms with Crippen molar-refractivity contribution in [3.05, 3.63) is 10.9 Å². The topological polar surface area (TPSA) is 49.6 Å². The molecular formula is C14H23N3OS. The van der Waals surface area contributed by atoms with Crippen LogP contribution in [-0.4, -0.2) is 43.4 Å². The maximum Gasteiger partial charge on any atom is 0.171 e. The minimum Gasteiger partial charge on any atom is -0.397 e. The van der Waals surface area contributed by atoms with Crippen molar-refractivity contribution in [1.82, 2.24) is 4.90 Å². The molecule has 0 aliphatic carbocycles. The lowest BCUT2D eigenvalue weighted by Gasteiger charge is -2.36. The number of hydrogen-bond acceptors (Lipinski definition) is 5. The maximum absolute atomic E-state index is 11.4. The first-order valence-corrected chi connectivity index (χ1v) is 7.66. The highest BCUT2D eigenvalue weighted by Crippen LogP contribution is 2.33. The fourth-order valence-corrected chi connectivity index (χ4v) is 3.52. The normalized spacial score (nSPS) is 17.2. The maximum atomic E-state index is 11.4. The Labute approximate surface area is 119 Å². The molecule has 1 aromatic heterocycles. The molecule has 1 saturated heterocycles. The summed E-state index contributed by atoms with van der Waals surface area (Å²) in [6.07, 6.45) is 0. The molecule has 0 aromatic carbocycles. The zero-order valence-corrected chi connectivity index (χ0v) is 12.8. The first-order valence-electron chi connectivity index (χ1n) is 6.85. The van der Waals surface area contributed by atoms with Crippen molar-refractivity contribution in [3.63, 3.8) is 0 Å². The second-order valence-corrected chi connectivity index (χ2v) is 6.64. The Kier molecular flexibility index (Phi) is 4.47. The van der Waals surface area contributed by atoms with Crippen molar-refractivity contribution in [1.29, 1.82) is 0 Å². The average Bonchev–Trinajstić information content (AvgIpc) is 2.71. The quantitative estimate of drug-likeness (QED) is 0.861. The fourth-order valence-electron chi connectivity index (χ4n) is 2.49. The molecule has 0 saturated carbocycles. The number of nitrogens with zero attached hydrogens (tertiary/aromatic N) is 2.